The molecule has 1 unspecified atom stereocenters. The Morgan fingerprint density at radius 3 is 2.91 bits per heavy atom. The lowest BCUT2D eigenvalue weighted by Gasteiger charge is -2.28. The van der Waals surface area contributed by atoms with Crippen LogP contribution in [0.25, 0.3) is 11.0 Å². The summed E-state index contributed by atoms with van der Waals surface area (Å²) in [6.07, 6.45) is 1.74. The number of aromatic amines is 1. The molecule has 2 N–H and O–H groups in total. The molecule has 114 valence electrons. The third kappa shape index (κ3) is 1.92. The molecule has 3 heterocycles. The predicted octanol–water partition coefficient (Wildman–Crippen LogP) is 2.94. The van der Waals surface area contributed by atoms with Crippen molar-refractivity contribution in [3.05, 3.63) is 46.8 Å². The summed E-state index contributed by atoms with van der Waals surface area (Å²) in [6.45, 7) is 4.10. The number of H-pyrrole nitrogens is 1. The van der Waals surface area contributed by atoms with E-state index in [9.17, 15) is 5.26 Å². The summed E-state index contributed by atoms with van der Waals surface area (Å²) in [6, 6.07) is 8.06. The highest BCUT2D eigenvalue weighted by Crippen LogP contribution is 2.43. The van der Waals surface area contributed by atoms with E-state index < -0.39 is 0 Å². The van der Waals surface area contributed by atoms with Gasteiger partial charge in [0.1, 0.15) is 16.9 Å². The van der Waals surface area contributed by atoms with Gasteiger partial charge in [0.25, 0.3) is 0 Å². The summed E-state index contributed by atoms with van der Waals surface area (Å²) in [4.78, 5) is 0. The van der Waals surface area contributed by atoms with Gasteiger partial charge in [-0.15, -0.1) is 0 Å². The first kappa shape index (κ1) is 13.5. The van der Waals surface area contributed by atoms with Crippen LogP contribution >= 0.6 is 0 Å². The van der Waals surface area contributed by atoms with Crippen LogP contribution in [-0.2, 0) is 0 Å². The van der Waals surface area contributed by atoms with Crippen molar-refractivity contribution in [2.24, 2.45) is 5.92 Å². The van der Waals surface area contributed by atoms with Crippen molar-refractivity contribution in [2.75, 3.05) is 5.32 Å². The summed E-state index contributed by atoms with van der Waals surface area (Å²) in [5.74, 6) is 0.743. The second-order valence-electron chi connectivity index (χ2n) is 5.83. The molecular formula is C16H14N6O. The minimum absolute atomic E-state index is 0.179. The predicted molar refractivity (Wildman–Crippen MR) is 83.3 cm³/mol. The lowest BCUT2D eigenvalue weighted by Crippen LogP contribution is -2.21. The van der Waals surface area contributed by atoms with Crippen LogP contribution < -0.4 is 5.32 Å². The normalized spacial score (nSPS) is 17.2. The third-order valence-corrected chi connectivity index (χ3v) is 4.14. The number of allylic oxidation sites excluding steroid dienone is 2. The summed E-state index contributed by atoms with van der Waals surface area (Å²) in [7, 11) is 0. The van der Waals surface area contributed by atoms with Gasteiger partial charge in [-0.25, -0.2) is 4.63 Å². The highest BCUT2D eigenvalue weighted by Gasteiger charge is 2.33. The molecule has 7 nitrogen and oxygen atoms in total. The Morgan fingerprint density at radius 2 is 2.13 bits per heavy atom. The fraction of sp³-hybridized carbons (Fsp3) is 0.250. The Kier molecular flexibility index (Phi) is 2.91. The molecule has 7 heteroatoms. The van der Waals surface area contributed by atoms with Crippen LogP contribution in [0.1, 0.15) is 30.9 Å². The van der Waals surface area contributed by atoms with Gasteiger partial charge in [-0.3, -0.25) is 5.10 Å². The maximum absolute atomic E-state index is 9.79. The first-order valence-electron chi connectivity index (χ1n) is 7.36. The lowest BCUT2D eigenvalue weighted by atomic mass is 9.81. The maximum Gasteiger partial charge on any atom is 0.139 e. The van der Waals surface area contributed by atoms with Crippen molar-refractivity contribution in [3.63, 3.8) is 0 Å². The molecule has 0 saturated carbocycles. The van der Waals surface area contributed by atoms with Crippen LogP contribution in [0.2, 0.25) is 0 Å². The van der Waals surface area contributed by atoms with Gasteiger partial charge < -0.3 is 5.32 Å². The molecule has 4 rings (SSSR count). The van der Waals surface area contributed by atoms with E-state index in [1.54, 1.807) is 6.20 Å². The minimum Gasteiger partial charge on any atom is -0.343 e. The van der Waals surface area contributed by atoms with Gasteiger partial charge in [-0.2, -0.15) is 10.4 Å². The third-order valence-electron chi connectivity index (χ3n) is 4.14. The zero-order valence-corrected chi connectivity index (χ0v) is 12.7. The highest BCUT2D eigenvalue weighted by molar-refractivity contribution is 5.80. The van der Waals surface area contributed by atoms with Gasteiger partial charge in [0.15, 0.2) is 0 Å². The minimum atomic E-state index is -0.247. The second-order valence-corrected chi connectivity index (χ2v) is 5.83. The summed E-state index contributed by atoms with van der Waals surface area (Å²) in [5.41, 5.74) is 4.72. The molecule has 0 bridgehead atoms. The van der Waals surface area contributed by atoms with Gasteiger partial charge >= 0.3 is 0 Å². The van der Waals surface area contributed by atoms with Gasteiger partial charge in [-0.05, 0) is 27.9 Å². The topological polar surface area (TPSA) is 103 Å². The van der Waals surface area contributed by atoms with Crippen LogP contribution in [-0.4, -0.2) is 20.5 Å². The smallest absolute Gasteiger partial charge is 0.139 e. The second kappa shape index (κ2) is 4.95. The molecule has 0 radical (unpaired) electrons. The van der Waals surface area contributed by atoms with E-state index in [2.05, 4.69) is 45.7 Å². The number of hydrogen-bond acceptors (Lipinski definition) is 6. The number of fused-ring (bicyclic) bond motifs is 2. The van der Waals surface area contributed by atoms with Crippen molar-refractivity contribution < 1.29 is 4.63 Å². The number of nitrogens with one attached hydrogen (secondary N) is 2. The van der Waals surface area contributed by atoms with Gasteiger partial charge in [0.2, 0.25) is 0 Å². The molecule has 0 aliphatic carbocycles. The SMILES string of the molecule is CC(C)C1=C(C#N)C(c2cccc3nonc23)c2cn[nH]c2N1. The van der Waals surface area contributed by atoms with Crippen molar-refractivity contribution in [1.29, 1.82) is 5.26 Å². The number of benzene rings is 1. The first-order valence-corrected chi connectivity index (χ1v) is 7.36. The van der Waals surface area contributed by atoms with Gasteiger partial charge in [0.05, 0.1) is 23.8 Å². The number of anilines is 1. The lowest BCUT2D eigenvalue weighted by molar-refractivity contribution is 0.315. The Bertz CT molecular complexity index is 958. The Hall–Kier alpha value is -3.14. The quantitative estimate of drug-likeness (QED) is 0.754. The van der Waals surface area contributed by atoms with Crippen LogP contribution in [0.15, 0.2) is 40.3 Å². The van der Waals surface area contributed by atoms with E-state index in [-0.39, 0.29) is 11.8 Å². The average molecular weight is 306 g/mol. The van der Waals surface area contributed by atoms with E-state index in [4.69, 9.17) is 4.63 Å². The van der Waals surface area contributed by atoms with Crippen LogP contribution in [0.3, 0.4) is 0 Å². The van der Waals surface area contributed by atoms with Crippen LogP contribution in [0, 0.1) is 17.2 Å². The van der Waals surface area contributed by atoms with E-state index in [1.807, 2.05) is 18.2 Å². The molecule has 0 fully saturated rings. The monoisotopic (exact) mass is 306 g/mol. The van der Waals surface area contributed by atoms with Crippen molar-refractivity contribution in [3.8, 4) is 6.07 Å². The zero-order chi connectivity index (χ0) is 16.0. The number of nitriles is 1. The standard InChI is InChI=1S/C16H14N6O/c1-8(2)14-10(6-17)13(11-7-18-20-16(11)19-14)9-4-3-5-12-15(9)22-23-21-12/h3-5,7-8,13H,1-2H3,(H2,18,19,20). The number of rotatable bonds is 2. The Morgan fingerprint density at radius 1 is 1.26 bits per heavy atom. The van der Waals surface area contributed by atoms with Crippen LogP contribution in [0.4, 0.5) is 5.82 Å². The fourth-order valence-electron chi connectivity index (χ4n) is 3.09. The number of aromatic nitrogens is 4. The maximum atomic E-state index is 9.79. The van der Waals surface area contributed by atoms with Gasteiger partial charge in [-0.1, -0.05) is 26.0 Å². The molecule has 1 aliphatic rings. The zero-order valence-electron chi connectivity index (χ0n) is 12.7. The van der Waals surface area contributed by atoms with Crippen molar-refractivity contribution >= 4 is 16.9 Å². The first-order chi connectivity index (χ1) is 11.2. The Balaban J connectivity index is 2.02. The molecule has 0 saturated heterocycles. The van der Waals surface area contributed by atoms with Crippen molar-refractivity contribution in [1.82, 2.24) is 20.5 Å². The molecule has 1 atom stereocenters. The number of nitrogens with zero attached hydrogens (tertiary/aromatic N) is 4. The summed E-state index contributed by atoms with van der Waals surface area (Å²) >= 11 is 0. The molecule has 23 heavy (non-hydrogen) atoms. The number of hydrogen-bond donors (Lipinski definition) is 2. The van der Waals surface area contributed by atoms with Crippen molar-refractivity contribution in [2.45, 2.75) is 19.8 Å². The molecule has 0 spiro atoms. The van der Waals surface area contributed by atoms with E-state index in [1.165, 1.54) is 0 Å². The average Bonchev–Trinajstić information content (AvgIpc) is 3.20. The molecule has 0 amide bonds. The molecular weight excluding hydrogens is 292 g/mol. The van der Waals surface area contributed by atoms with E-state index in [0.717, 1.165) is 22.6 Å². The fourth-order valence-corrected chi connectivity index (χ4v) is 3.09. The Labute approximate surface area is 132 Å². The molecule has 3 aromatic rings. The molecule has 1 aliphatic heterocycles. The highest BCUT2D eigenvalue weighted by atomic mass is 16.6. The van der Waals surface area contributed by atoms with E-state index >= 15 is 0 Å². The largest absolute Gasteiger partial charge is 0.343 e. The molecule has 2 aromatic heterocycles. The summed E-state index contributed by atoms with van der Waals surface area (Å²) < 4.78 is 4.87. The van der Waals surface area contributed by atoms with E-state index in [0.29, 0.717) is 16.6 Å². The summed E-state index contributed by atoms with van der Waals surface area (Å²) in [5, 5.41) is 28.1. The van der Waals surface area contributed by atoms with Crippen LogP contribution in [0.5, 0.6) is 0 Å². The van der Waals surface area contributed by atoms with Gasteiger partial charge in [0, 0.05) is 11.3 Å². The molecule has 1 aromatic carbocycles.